The van der Waals surface area contributed by atoms with Gasteiger partial charge in [0.1, 0.15) is 6.10 Å². The zero-order chi connectivity index (χ0) is 17.2. The molecule has 0 spiro atoms. The summed E-state index contributed by atoms with van der Waals surface area (Å²) in [5.41, 5.74) is -0.142. The summed E-state index contributed by atoms with van der Waals surface area (Å²) in [6.07, 6.45) is -3.76. The summed E-state index contributed by atoms with van der Waals surface area (Å²) in [6, 6.07) is 10.4. The van der Waals surface area contributed by atoms with Gasteiger partial charge >= 0.3 is 12.2 Å². The third kappa shape index (κ3) is 3.76. The second kappa shape index (κ2) is 6.38. The van der Waals surface area contributed by atoms with Gasteiger partial charge in [-0.25, -0.2) is 9.78 Å². The van der Waals surface area contributed by atoms with Gasteiger partial charge in [0.25, 0.3) is 0 Å². The van der Waals surface area contributed by atoms with Gasteiger partial charge in [0, 0.05) is 18.0 Å². The van der Waals surface area contributed by atoms with E-state index in [9.17, 15) is 18.0 Å². The Labute approximate surface area is 136 Å². The monoisotopic (exact) mass is 337 g/mol. The fourth-order valence-electron chi connectivity index (χ4n) is 2.22. The van der Waals surface area contributed by atoms with Gasteiger partial charge in [-0.2, -0.15) is 13.2 Å². The van der Waals surface area contributed by atoms with Crippen molar-refractivity contribution in [1.82, 2.24) is 9.88 Å². The first kappa shape index (κ1) is 16.1. The number of pyridine rings is 1. The van der Waals surface area contributed by atoms with E-state index in [1.165, 1.54) is 4.90 Å². The van der Waals surface area contributed by atoms with Crippen molar-refractivity contribution in [3.63, 3.8) is 0 Å². The Morgan fingerprint density at radius 3 is 2.58 bits per heavy atom. The number of para-hydroxylation sites is 1. The van der Waals surface area contributed by atoms with Crippen molar-refractivity contribution < 1.29 is 22.7 Å². The molecule has 8 heteroatoms. The summed E-state index contributed by atoms with van der Waals surface area (Å²) < 4.78 is 43.3. The fourth-order valence-corrected chi connectivity index (χ4v) is 2.22. The molecule has 3 rings (SSSR count). The number of benzene rings is 1. The molecule has 2 amide bonds. The molecule has 2 heterocycles. The summed E-state index contributed by atoms with van der Waals surface area (Å²) in [5, 5.41) is 2.72. The highest BCUT2D eigenvalue weighted by Gasteiger charge is 2.34. The van der Waals surface area contributed by atoms with Gasteiger partial charge in [-0.15, -0.1) is 0 Å². The summed E-state index contributed by atoms with van der Waals surface area (Å²) in [7, 11) is 0. The van der Waals surface area contributed by atoms with E-state index in [1.807, 2.05) is 6.07 Å². The average Bonchev–Trinajstić information content (AvgIpc) is 2.51. The lowest BCUT2D eigenvalue weighted by atomic mass is 10.2. The molecule has 5 nitrogen and oxygen atoms in total. The molecule has 1 aliphatic rings. The number of nitrogens with zero attached hydrogens (tertiary/aromatic N) is 2. The maximum absolute atomic E-state index is 12.6. The number of halogens is 3. The van der Waals surface area contributed by atoms with Crippen LogP contribution in [0.25, 0.3) is 0 Å². The largest absolute Gasteiger partial charge is 0.471 e. The minimum Gasteiger partial charge on any atom is -0.471 e. The molecule has 2 aromatic rings. The van der Waals surface area contributed by atoms with E-state index < -0.39 is 11.7 Å². The first-order valence-electron chi connectivity index (χ1n) is 7.23. The smallest absolute Gasteiger partial charge is 0.416 e. The van der Waals surface area contributed by atoms with Crippen molar-refractivity contribution in [2.45, 2.75) is 12.3 Å². The van der Waals surface area contributed by atoms with Crippen molar-refractivity contribution in [3.8, 4) is 5.88 Å². The number of rotatable bonds is 3. The van der Waals surface area contributed by atoms with Gasteiger partial charge in [-0.1, -0.05) is 18.2 Å². The molecule has 1 aliphatic heterocycles. The summed E-state index contributed by atoms with van der Waals surface area (Å²) in [4.78, 5) is 17.2. The number of aromatic nitrogens is 1. The van der Waals surface area contributed by atoms with Crippen LogP contribution in [-0.4, -0.2) is 35.1 Å². The molecule has 0 unspecified atom stereocenters. The zero-order valence-electron chi connectivity index (χ0n) is 12.5. The van der Waals surface area contributed by atoms with Crippen LogP contribution in [0.1, 0.15) is 5.56 Å². The molecule has 0 bridgehead atoms. The number of anilines is 1. The molecular formula is C16H14F3N3O2. The minimum atomic E-state index is -4.44. The molecule has 1 aromatic heterocycles. The molecule has 0 atom stereocenters. The quantitative estimate of drug-likeness (QED) is 0.934. The highest BCUT2D eigenvalue weighted by atomic mass is 19.4. The van der Waals surface area contributed by atoms with Gasteiger partial charge in [-0.05, 0) is 18.2 Å². The lowest BCUT2D eigenvalue weighted by Gasteiger charge is -2.38. The number of ether oxygens (including phenoxy) is 1. The Morgan fingerprint density at radius 2 is 1.92 bits per heavy atom. The van der Waals surface area contributed by atoms with Crippen LogP contribution < -0.4 is 10.1 Å². The van der Waals surface area contributed by atoms with Crippen molar-refractivity contribution in [1.29, 1.82) is 0 Å². The Hall–Kier alpha value is -2.77. The fraction of sp³-hybridized carbons (Fsp3) is 0.250. The predicted molar refractivity (Wildman–Crippen MR) is 80.7 cm³/mol. The second-order valence-corrected chi connectivity index (χ2v) is 5.32. The standard InChI is InChI=1S/C16H14F3N3O2/c17-16(18,19)11-6-7-20-14(8-11)24-13-9-22(10-13)15(23)21-12-4-2-1-3-5-12/h1-8,13H,9-10H2,(H,21,23). The third-order valence-corrected chi connectivity index (χ3v) is 3.51. The number of carbonyl (C=O) groups is 1. The Balaban J connectivity index is 1.51. The van der Waals surface area contributed by atoms with Gasteiger partial charge in [0.05, 0.1) is 18.7 Å². The molecule has 126 valence electrons. The van der Waals surface area contributed by atoms with E-state index in [-0.39, 0.29) is 31.1 Å². The van der Waals surface area contributed by atoms with E-state index in [0.29, 0.717) is 5.69 Å². The van der Waals surface area contributed by atoms with Gasteiger partial charge in [-0.3, -0.25) is 0 Å². The number of urea groups is 1. The lowest BCUT2D eigenvalue weighted by Crippen LogP contribution is -2.57. The van der Waals surface area contributed by atoms with E-state index in [4.69, 9.17) is 4.74 Å². The van der Waals surface area contributed by atoms with Crippen LogP contribution in [0, 0.1) is 0 Å². The van der Waals surface area contributed by atoms with Crippen LogP contribution in [0.15, 0.2) is 48.7 Å². The van der Waals surface area contributed by atoms with Crippen molar-refractivity contribution >= 4 is 11.7 Å². The molecule has 1 aromatic carbocycles. The first-order valence-corrected chi connectivity index (χ1v) is 7.23. The topological polar surface area (TPSA) is 54.5 Å². The highest BCUT2D eigenvalue weighted by Crippen LogP contribution is 2.31. The maximum Gasteiger partial charge on any atom is 0.416 e. The second-order valence-electron chi connectivity index (χ2n) is 5.32. The predicted octanol–water partition coefficient (Wildman–Crippen LogP) is 3.40. The highest BCUT2D eigenvalue weighted by molar-refractivity contribution is 5.89. The summed E-state index contributed by atoms with van der Waals surface area (Å²) in [6.45, 7) is 0.577. The van der Waals surface area contributed by atoms with Crippen LogP contribution >= 0.6 is 0 Å². The van der Waals surface area contributed by atoms with Crippen LogP contribution in [0.3, 0.4) is 0 Å². The van der Waals surface area contributed by atoms with Crippen LogP contribution in [-0.2, 0) is 6.18 Å². The van der Waals surface area contributed by atoms with E-state index >= 15 is 0 Å². The van der Waals surface area contributed by atoms with Crippen molar-refractivity contribution in [2.75, 3.05) is 18.4 Å². The lowest BCUT2D eigenvalue weighted by molar-refractivity contribution is -0.137. The molecule has 24 heavy (non-hydrogen) atoms. The number of amides is 2. The van der Waals surface area contributed by atoms with E-state index in [1.54, 1.807) is 24.3 Å². The minimum absolute atomic E-state index is 0.0991. The molecule has 1 saturated heterocycles. The van der Waals surface area contributed by atoms with Crippen LogP contribution in [0.4, 0.5) is 23.7 Å². The van der Waals surface area contributed by atoms with E-state index in [2.05, 4.69) is 10.3 Å². The van der Waals surface area contributed by atoms with E-state index in [0.717, 1.165) is 18.3 Å². The molecule has 0 aliphatic carbocycles. The molecule has 1 fully saturated rings. The Kier molecular flexibility index (Phi) is 4.28. The SMILES string of the molecule is O=C(Nc1ccccc1)N1CC(Oc2cc(C(F)(F)F)ccn2)C1. The normalized spacial score (nSPS) is 14.9. The van der Waals surface area contributed by atoms with Crippen LogP contribution in [0.5, 0.6) is 5.88 Å². The zero-order valence-corrected chi connectivity index (χ0v) is 12.5. The molecular weight excluding hydrogens is 323 g/mol. The summed E-state index contributed by atoms with van der Waals surface area (Å²) >= 11 is 0. The average molecular weight is 337 g/mol. The number of hydrogen-bond acceptors (Lipinski definition) is 3. The maximum atomic E-state index is 12.6. The number of nitrogens with one attached hydrogen (secondary N) is 1. The molecule has 0 radical (unpaired) electrons. The van der Waals surface area contributed by atoms with Crippen molar-refractivity contribution in [3.05, 3.63) is 54.2 Å². The third-order valence-electron chi connectivity index (χ3n) is 3.51. The van der Waals surface area contributed by atoms with Gasteiger partial charge in [0.2, 0.25) is 5.88 Å². The first-order chi connectivity index (χ1) is 11.4. The Morgan fingerprint density at radius 1 is 1.21 bits per heavy atom. The number of likely N-dealkylation sites (tertiary alicyclic amines) is 1. The summed E-state index contributed by atoms with van der Waals surface area (Å²) in [5.74, 6) is -0.0991. The number of carbonyl (C=O) groups excluding carboxylic acids is 1. The number of hydrogen-bond donors (Lipinski definition) is 1. The molecule has 1 N–H and O–H groups in total. The van der Waals surface area contributed by atoms with Crippen LogP contribution in [0.2, 0.25) is 0 Å². The molecule has 0 saturated carbocycles. The Bertz CT molecular complexity index is 716. The van der Waals surface area contributed by atoms with Gasteiger partial charge in [0.15, 0.2) is 0 Å². The van der Waals surface area contributed by atoms with Gasteiger partial charge < -0.3 is 15.0 Å². The van der Waals surface area contributed by atoms with Crippen molar-refractivity contribution in [2.24, 2.45) is 0 Å². The number of alkyl halides is 3.